The van der Waals surface area contributed by atoms with Crippen LogP contribution in [0.4, 0.5) is 39.2 Å². The normalized spacial score (nSPS) is 16.8. The molecule has 0 bridgehead atoms. The number of rotatable bonds is 5. The number of nitrogens with zero attached hydrogens (tertiary/aromatic N) is 4. The fourth-order valence-corrected chi connectivity index (χ4v) is 4.51. The van der Waals surface area contributed by atoms with Gasteiger partial charge in [-0.1, -0.05) is 0 Å². The van der Waals surface area contributed by atoms with Crippen LogP contribution in [0.5, 0.6) is 5.75 Å². The van der Waals surface area contributed by atoms with E-state index in [1.165, 1.54) is 5.69 Å². The van der Waals surface area contributed by atoms with Gasteiger partial charge in [0.2, 0.25) is 5.95 Å². The van der Waals surface area contributed by atoms with Crippen molar-refractivity contribution in [3.05, 3.63) is 48.4 Å². The quantitative estimate of drug-likeness (QED) is 0.495. The summed E-state index contributed by atoms with van der Waals surface area (Å²) >= 11 is 1.97. The van der Waals surface area contributed by atoms with E-state index < -0.39 is 11.4 Å². The Labute approximate surface area is 200 Å². The maximum absolute atomic E-state index is 14.4. The van der Waals surface area contributed by atoms with Crippen LogP contribution >= 0.6 is 11.8 Å². The Bertz CT molecular complexity index is 1220. The monoisotopic (exact) mass is 481 g/mol. The van der Waals surface area contributed by atoms with Gasteiger partial charge in [-0.3, -0.25) is 4.79 Å². The zero-order chi connectivity index (χ0) is 23.7. The molecule has 0 spiro atoms. The zero-order valence-corrected chi connectivity index (χ0v) is 19.6. The van der Waals surface area contributed by atoms with Crippen molar-refractivity contribution in [2.75, 3.05) is 45.4 Å². The molecule has 1 aromatic carbocycles. The molecule has 11 heteroatoms. The Morgan fingerprint density at radius 1 is 1.09 bits per heavy atom. The van der Waals surface area contributed by atoms with Gasteiger partial charge in [0.05, 0.1) is 6.20 Å². The van der Waals surface area contributed by atoms with Crippen molar-refractivity contribution < 1.29 is 13.9 Å². The molecule has 3 aromatic rings. The van der Waals surface area contributed by atoms with E-state index in [-0.39, 0.29) is 23.5 Å². The third-order valence-electron chi connectivity index (χ3n) is 5.49. The Morgan fingerprint density at radius 2 is 1.85 bits per heavy atom. The molecule has 34 heavy (non-hydrogen) atoms. The van der Waals surface area contributed by atoms with Crippen LogP contribution in [0.25, 0.3) is 0 Å². The second kappa shape index (κ2) is 8.98. The summed E-state index contributed by atoms with van der Waals surface area (Å²) < 4.78 is 20.1. The first-order chi connectivity index (χ1) is 16.4. The summed E-state index contributed by atoms with van der Waals surface area (Å²) in [6.45, 7) is 5.42. The Kier molecular flexibility index (Phi) is 5.86. The van der Waals surface area contributed by atoms with E-state index in [4.69, 9.17) is 4.74 Å². The van der Waals surface area contributed by atoms with Gasteiger partial charge in [-0.05, 0) is 50.2 Å². The number of hydrogen-bond donors (Lipinski definition) is 3. The van der Waals surface area contributed by atoms with Gasteiger partial charge in [-0.25, -0.2) is 14.4 Å². The lowest BCUT2D eigenvalue weighted by atomic mass is 10.1. The summed E-state index contributed by atoms with van der Waals surface area (Å²) in [7, 11) is 0. The first kappa shape index (κ1) is 22.2. The number of fused-ring (bicyclic) bond motifs is 1. The lowest BCUT2D eigenvalue weighted by Gasteiger charge is -2.30. The highest BCUT2D eigenvalue weighted by atomic mass is 32.2. The first-order valence-electron chi connectivity index (χ1n) is 10.9. The minimum atomic E-state index is -0.992. The molecular weight excluding hydrogens is 457 g/mol. The Morgan fingerprint density at radius 3 is 2.62 bits per heavy atom. The Hall–Kier alpha value is -3.60. The van der Waals surface area contributed by atoms with Gasteiger partial charge in [0, 0.05) is 36.0 Å². The van der Waals surface area contributed by atoms with E-state index in [9.17, 15) is 9.18 Å². The van der Waals surface area contributed by atoms with E-state index in [0.29, 0.717) is 11.6 Å². The minimum Gasteiger partial charge on any atom is -0.474 e. The summed E-state index contributed by atoms with van der Waals surface area (Å²) in [5, 5.41) is 8.65. The zero-order valence-electron chi connectivity index (χ0n) is 18.8. The van der Waals surface area contributed by atoms with Crippen molar-refractivity contribution in [2.45, 2.75) is 19.4 Å². The number of thioether (sulfide) groups is 1. The van der Waals surface area contributed by atoms with Gasteiger partial charge in [0.1, 0.15) is 5.82 Å². The van der Waals surface area contributed by atoms with Gasteiger partial charge in [0.15, 0.2) is 28.8 Å². The van der Waals surface area contributed by atoms with Gasteiger partial charge >= 0.3 is 0 Å². The largest absolute Gasteiger partial charge is 0.474 e. The number of amides is 1. The fraction of sp³-hybridized carbons (Fsp3) is 0.304. The van der Waals surface area contributed by atoms with Gasteiger partial charge in [0.25, 0.3) is 5.91 Å². The molecule has 3 N–H and O–H groups in total. The lowest BCUT2D eigenvalue weighted by Crippen LogP contribution is -2.46. The smallest absolute Gasteiger partial charge is 0.269 e. The second-order valence-corrected chi connectivity index (χ2v) is 9.62. The fourth-order valence-electron chi connectivity index (χ4n) is 3.61. The lowest BCUT2D eigenvalue weighted by molar-refractivity contribution is -0.129. The predicted octanol–water partition coefficient (Wildman–Crippen LogP) is 4.16. The molecule has 9 nitrogen and oxygen atoms in total. The maximum atomic E-state index is 14.4. The topological polar surface area (TPSA) is 104 Å². The molecular formula is C23H24FN7O2S. The standard InChI is InChI=1S/C23H24FN7O2S/c1-23(2)21(32)29-20-17(33-23)7-8-18(28-20)27-19-16(24)13-25-22(30-19)26-14-3-5-15(6-4-14)31-9-11-34-12-10-31/h3-8,13H,9-12H2,1-2H3,(H3,25,26,27,28,29,30,32). The van der Waals surface area contributed by atoms with Gasteiger partial charge < -0.3 is 25.6 Å². The van der Waals surface area contributed by atoms with Gasteiger partial charge in [-0.2, -0.15) is 16.7 Å². The molecule has 2 aliphatic heterocycles. The summed E-state index contributed by atoms with van der Waals surface area (Å²) in [5.74, 6) is 2.51. The van der Waals surface area contributed by atoms with E-state index in [1.54, 1.807) is 26.0 Å². The summed E-state index contributed by atoms with van der Waals surface area (Å²) in [4.78, 5) is 27.1. The van der Waals surface area contributed by atoms with E-state index >= 15 is 0 Å². The average molecular weight is 482 g/mol. The third kappa shape index (κ3) is 4.69. The third-order valence-corrected chi connectivity index (χ3v) is 6.43. The molecule has 4 heterocycles. The number of carbonyl (C=O) groups is 1. The summed E-state index contributed by atoms with van der Waals surface area (Å²) in [6.07, 6.45) is 1.09. The van der Waals surface area contributed by atoms with E-state index in [2.05, 4.69) is 47.9 Å². The molecule has 176 valence electrons. The molecule has 5 rings (SSSR count). The first-order valence-corrected chi connectivity index (χ1v) is 12.0. The van der Waals surface area contributed by atoms with Crippen LogP contribution in [0.1, 0.15) is 13.8 Å². The molecule has 1 fully saturated rings. The maximum Gasteiger partial charge on any atom is 0.269 e. The van der Waals surface area contributed by atoms with E-state index in [1.807, 2.05) is 23.9 Å². The van der Waals surface area contributed by atoms with Crippen molar-refractivity contribution in [2.24, 2.45) is 0 Å². The van der Waals surface area contributed by atoms with Crippen LogP contribution in [0, 0.1) is 5.82 Å². The highest BCUT2D eigenvalue weighted by Gasteiger charge is 2.36. The second-order valence-electron chi connectivity index (χ2n) is 8.40. The van der Waals surface area contributed by atoms with Crippen LogP contribution in [0.2, 0.25) is 0 Å². The average Bonchev–Trinajstić information content (AvgIpc) is 2.83. The highest BCUT2D eigenvalue weighted by molar-refractivity contribution is 7.99. The number of pyridine rings is 1. The number of hydrogen-bond acceptors (Lipinski definition) is 9. The minimum absolute atomic E-state index is 0.0456. The SMILES string of the molecule is CC1(C)Oc2ccc(Nc3nc(Nc4ccc(N5CCSCC5)cc4)ncc3F)nc2NC1=O. The number of nitrogens with one attached hydrogen (secondary N) is 3. The van der Waals surface area contributed by atoms with Crippen molar-refractivity contribution >= 4 is 52.4 Å². The predicted molar refractivity (Wildman–Crippen MR) is 132 cm³/mol. The van der Waals surface area contributed by atoms with Crippen LogP contribution in [0.15, 0.2) is 42.6 Å². The van der Waals surface area contributed by atoms with Crippen LogP contribution in [-0.4, -0.2) is 51.1 Å². The summed E-state index contributed by atoms with van der Waals surface area (Å²) in [5.41, 5.74) is 0.974. The highest BCUT2D eigenvalue weighted by Crippen LogP contribution is 2.33. The van der Waals surface area contributed by atoms with Crippen molar-refractivity contribution in [1.29, 1.82) is 0 Å². The van der Waals surface area contributed by atoms with Crippen molar-refractivity contribution in [1.82, 2.24) is 15.0 Å². The van der Waals surface area contributed by atoms with Crippen molar-refractivity contribution in [3.8, 4) is 5.75 Å². The molecule has 0 saturated carbocycles. The number of ether oxygens (including phenoxy) is 1. The number of benzene rings is 1. The molecule has 2 aliphatic rings. The number of halogens is 1. The molecule has 0 aliphatic carbocycles. The van der Waals surface area contributed by atoms with Crippen LogP contribution in [0.3, 0.4) is 0 Å². The van der Waals surface area contributed by atoms with Crippen LogP contribution < -0.4 is 25.6 Å². The molecule has 0 unspecified atom stereocenters. The van der Waals surface area contributed by atoms with E-state index in [0.717, 1.165) is 36.5 Å². The van der Waals surface area contributed by atoms with Crippen molar-refractivity contribution in [3.63, 3.8) is 0 Å². The molecule has 2 aromatic heterocycles. The summed E-state index contributed by atoms with van der Waals surface area (Å²) in [6, 6.07) is 11.3. The molecule has 1 saturated heterocycles. The van der Waals surface area contributed by atoms with Gasteiger partial charge in [-0.15, -0.1) is 0 Å². The number of aromatic nitrogens is 3. The number of carbonyl (C=O) groups excluding carboxylic acids is 1. The molecule has 0 radical (unpaired) electrons. The number of anilines is 6. The molecule has 0 atom stereocenters. The Balaban J connectivity index is 1.30. The van der Waals surface area contributed by atoms with Crippen LogP contribution in [-0.2, 0) is 4.79 Å². The molecule has 1 amide bonds.